The number of hydrogen-bond donors (Lipinski definition) is 3. The summed E-state index contributed by atoms with van der Waals surface area (Å²) in [5, 5.41) is 16.6. The van der Waals surface area contributed by atoms with Crippen LogP contribution in [0, 0.1) is 13.8 Å². The highest BCUT2D eigenvalue weighted by Crippen LogP contribution is 2.21. The van der Waals surface area contributed by atoms with E-state index in [1.807, 2.05) is 25.1 Å². The van der Waals surface area contributed by atoms with E-state index in [2.05, 4.69) is 31.8 Å². The zero-order chi connectivity index (χ0) is 19.3. The Bertz CT molecular complexity index is 878. The third kappa shape index (κ3) is 5.16. The van der Waals surface area contributed by atoms with E-state index in [-0.39, 0.29) is 23.6 Å². The molecule has 7 heteroatoms. The predicted octanol–water partition coefficient (Wildman–Crippen LogP) is 3.91. The average Bonchev–Trinajstić information content (AvgIpc) is 2.57. The topological polar surface area (TPSA) is 90.8 Å². The van der Waals surface area contributed by atoms with Crippen molar-refractivity contribution in [3.05, 3.63) is 57.6 Å². The van der Waals surface area contributed by atoms with Crippen molar-refractivity contribution < 1.29 is 14.7 Å². The monoisotopic (exact) mass is 417 g/mol. The largest absolute Gasteiger partial charge is 0.507 e. The summed E-state index contributed by atoms with van der Waals surface area (Å²) in [5.41, 5.74) is 5.19. The smallest absolute Gasteiger partial charge is 0.275 e. The third-order valence-corrected chi connectivity index (χ3v) is 4.20. The van der Waals surface area contributed by atoms with Gasteiger partial charge in [-0.05, 0) is 56.2 Å². The molecule has 0 fully saturated rings. The first-order valence-corrected chi connectivity index (χ1v) is 8.75. The number of halogens is 1. The lowest BCUT2D eigenvalue weighted by Gasteiger charge is -2.09. The molecule has 136 valence electrons. The number of carbonyl (C=O) groups is 2. The minimum atomic E-state index is -0.533. The molecule has 0 bridgehead atoms. The van der Waals surface area contributed by atoms with Gasteiger partial charge in [0.1, 0.15) is 5.75 Å². The summed E-state index contributed by atoms with van der Waals surface area (Å²) in [6.45, 7) is 5.25. The molecule has 0 heterocycles. The molecule has 2 amide bonds. The molecule has 0 saturated heterocycles. The molecule has 26 heavy (non-hydrogen) atoms. The van der Waals surface area contributed by atoms with Crippen LogP contribution in [0.2, 0.25) is 0 Å². The number of hydrogen-bond acceptors (Lipinski definition) is 4. The van der Waals surface area contributed by atoms with Gasteiger partial charge in [-0.25, -0.2) is 5.43 Å². The van der Waals surface area contributed by atoms with Crippen molar-refractivity contribution >= 4 is 39.1 Å². The highest BCUT2D eigenvalue weighted by molar-refractivity contribution is 9.10. The molecule has 2 aromatic rings. The molecule has 0 unspecified atom stereocenters. The number of benzene rings is 2. The van der Waals surface area contributed by atoms with E-state index in [9.17, 15) is 14.7 Å². The minimum absolute atomic E-state index is 0.0373. The predicted molar refractivity (Wildman–Crippen MR) is 106 cm³/mol. The van der Waals surface area contributed by atoms with Crippen molar-refractivity contribution in [1.82, 2.24) is 5.43 Å². The lowest BCUT2D eigenvalue weighted by atomic mass is 10.1. The van der Waals surface area contributed by atoms with Crippen molar-refractivity contribution in [2.75, 3.05) is 5.32 Å². The van der Waals surface area contributed by atoms with E-state index in [0.29, 0.717) is 11.3 Å². The fraction of sp³-hybridized carbons (Fsp3) is 0.211. The summed E-state index contributed by atoms with van der Waals surface area (Å²) in [6, 6.07) is 10.4. The van der Waals surface area contributed by atoms with Crippen LogP contribution in [0.25, 0.3) is 0 Å². The number of rotatable bonds is 5. The van der Waals surface area contributed by atoms with Gasteiger partial charge < -0.3 is 10.4 Å². The van der Waals surface area contributed by atoms with Crippen molar-refractivity contribution in [1.29, 1.82) is 0 Å². The number of nitrogens with zero attached hydrogens (tertiary/aromatic N) is 1. The van der Waals surface area contributed by atoms with Crippen molar-refractivity contribution in [3.63, 3.8) is 0 Å². The number of carbonyl (C=O) groups excluding carboxylic acids is 2. The zero-order valence-electron chi connectivity index (χ0n) is 14.8. The quantitative estimate of drug-likeness (QED) is 0.508. The lowest BCUT2D eigenvalue weighted by molar-refractivity contribution is -0.115. The number of hydrazone groups is 1. The molecule has 0 aliphatic rings. The summed E-state index contributed by atoms with van der Waals surface area (Å²) in [4.78, 5) is 24.2. The third-order valence-electron chi connectivity index (χ3n) is 3.71. The number of anilines is 1. The van der Waals surface area contributed by atoms with Crippen molar-refractivity contribution in [2.45, 2.75) is 27.2 Å². The Morgan fingerprint density at radius 1 is 1.15 bits per heavy atom. The van der Waals surface area contributed by atoms with Gasteiger partial charge in [0, 0.05) is 15.9 Å². The molecule has 0 spiro atoms. The Morgan fingerprint density at radius 3 is 2.58 bits per heavy atom. The molecular weight excluding hydrogens is 398 g/mol. The highest BCUT2D eigenvalue weighted by atomic mass is 79.9. The molecule has 3 N–H and O–H groups in total. The molecule has 0 saturated carbocycles. The normalized spacial score (nSPS) is 11.2. The van der Waals surface area contributed by atoms with Crippen LogP contribution in [-0.4, -0.2) is 22.6 Å². The number of amides is 2. The Hall–Kier alpha value is -2.67. The molecule has 0 aliphatic heterocycles. The maximum Gasteiger partial charge on any atom is 0.275 e. The van der Waals surface area contributed by atoms with Gasteiger partial charge in [-0.15, -0.1) is 0 Å². The maximum absolute atomic E-state index is 12.1. The Labute approximate surface area is 160 Å². The summed E-state index contributed by atoms with van der Waals surface area (Å²) < 4.78 is 0.938. The molecule has 0 aromatic heterocycles. The number of phenolic OH excluding ortho intramolecular Hbond substituents is 1. The standard InChI is InChI=1S/C19H20BrN3O3/c1-11-5-4-6-15(18(11)25)19(26)23-22-13(3)10-17(24)21-16-8-7-14(20)9-12(16)2/h4-9,25H,10H2,1-3H3,(H,21,24)(H,23,26). The Morgan fingerprint density at radius 2 is 1.88 bits per heavy atom. The summed E-state index contributed by atoms with van der Waals surface area (Å²) in [7, 11) is 0. The van der Waals surface area contributed by atoms with Crippen LogP contribution >= 0.6 is 15.9 Å². The number of aromatic hydroxyl groups is 1. The number of aryl methyl sites for hydroxylation is 2. The van der Waals surface area contributed by atoms with E-state index in [4.69, 9.17) is 0 Å². The van der Waals surface area contributed by atoms with Crippen LogP contribution in [0.3, 0.4) is 0 Å². The summed E-state index contributed by atoms with van der Waals surface area (Å²) >= 11 is 3.38. The van der Waals surface area contributed by atoms with Gasteiger partial charge in [-0.1, -0.05) is 28.1 Å². The van der Waals surface area contributed by atoms with E-state index >= 15 is 0 Å². The average molecular weight is 418 g/mol. The molecule has 0 radical (unpaired) electrons. The zero-order valence-corrected chi connectivity index (χ0v) is 16.3. The van der Waals surface area contributed by atoms with Gasteiger partial charge in [-0.2, -0.15) is 5.10 Å². The Balaban J connectivity index is 1.96. The van der Waals surface area contributed by atoms with E-state index in [1.54, 1.807) is 26.0 Å². The molecule has 6 nitrogen and oxygen atoms in total. The first kappa shape index (κ1) is 19.7. The van der Waals surface area contributed by atoms with Crippen LogP contribution in [0.4, 0.5) is 5.69 Å². The van der Waals surface area contributed by atoms with Gasteiger partial charge in [0.05, 0.1) is 12.0 Å². The van der Waals surface area contributed by atoms with Crippen molar-refractivity contribution in [2.24, 2.45) is 5.10 Å². The van der Waals surface area contributed by atoms with Crippen LogP contribution < -0.4 is 10.7 Å². The lowest BCUT2D eigenvalue weighted by Crippen LogP contribution is -2.21. The molecule has 0 atom stereocenters. The minimum Gasteiger partial charge on any atom is -0.507 e. The van der Waals surface area contributed by atoms with E-state index < -0.39 is 5.91 Å². The van der Waals surface area contributed by atoms with E-state index in [0.717, 1.165) is 15.7 Å². The van der Waals surface area contributed by atoms with Crippen molar-refractivity contribution in [3.8, 4) is 5.75 Å². The molecule has 2 rings (SSSR count). The second-order valence-electron chi connectivity index (χ2n) is 5.94. The van der Waals surface area contributed by atoms with Crippen LogP contribution in [-0.2, 0) is 4.79 Å². The second-order valence-corrected chi connectivity index (χ2v) is 6.86. The van der Waals surface area contributed by atoms with Gasteiger partial charge >= 0.3 is 0 Å². The first-order chi connectivity index (χ1) is 12.3. The maximum atomic E-state index is 12.1. The van der Waals surface area contributed by atoms with E-state index in [1.165, 1.54) is 6.07 Å². The fourth-order valence-electron chi connectivity index (χ4n) is 2.28. The number of phenols is 1. The van der Waals surface area contributed by atoms with Gasteiger partial charge in [0.25, 0.3) is 5.91 Å². The van der Waals surface area contributed by atoms with Gasteiger partial charge in [0.15, 0.2) is 0 Å². The highest BCUT2D eigenvalue weighted by Gasteiger charge is 2.12. The summed E-state index contributed by atoms with van der Waals surface area (Å²) in [6.07, 6.45) is 0.0373. The second kappa shape index (κ2) is 8.62. The fourth-order valence-corrected chi connectivity index (χ4v) is 2.76. The number of nitrogens with one attached hydrogen (secondary N) is 2. The van der Waals surface area contributed by atoms with Crippen LogP contribution in [0.1, 0.15) is 34.8 Å². The van der Waals surface area contributed by atoms with Gasteiger partial charge in [-0.3, -0.25) is 9.59 Å². The number of para-hydroxylation sites is 1. The molecular formula is C19H20BrN3O3. The SMILES string of the molecule is CC(CC(=O)Nc1ccc(Br)cc1C)=NNC(=O)c1cccc(C)c1O. The van der Waals surface area contributed by atoms with Crippen LogP contribution in [0.15, 0.2) is 46.0 Å². The van der Waals surface area contributed by atoms with Crippen LogP contribution in [0.5, 0.6) is 5.75 Å². The molecule has 2 aromatic carbocycles. The molecule has 0 aliphatic carbocycles. The Kier molecular flexibility index (Phi) is 6.52. The van der Waals surface area contributed by atoms with Gasteiger partial charge in [0.2, 0.25) is 5.91 Å². The first-order valence-electron chi connectivity index (χ1n) is 7.96. The summed E-state index contributed by atoms with van der Waals surface area (Å²) in [5.74, 6) is -0.847.